The molecule has 2 saturated carbocycles. The van der Waals surface area contributed by atoms with E-state index in [-0.39, 0.29) is 11.9 Å². The van der Waals surface area contributed by atoms with Gasteiger partial charge in [0, 0.05) is 0 Å². The Labute approximate surface area is 160 Å². The van der Waals surface area contributed by atoms with Crippen LogP contribution >= 0.6 is 0 Å². The third-order valence-corrected chi connectivity index (χ3v) is 7.33. The molecule has 1 N–H and O–H groups in total. The summed E-state index contributed by atoms with van der Waals surface area (Å²) in [6.07, 6.45) is 11.7. The maximum absolute atomic E-state index is 13.1. The van der Waals surface area contributed by atoms with Gasteiger partial charge in [-0.25, -0.2) is 0 Å². The van der Waals surface area contributed by atoms with Crippen LogP contribution in [0.3, 0.4) is 0 Å². The summed E-state index contributed by atoms with van der Waals surface area (Å²) in [6, 6.07) is 0. The SMILES string of the molecule is CC[N+](C)(CC)CCOC(=O)C(C1CCCCC1)C1(O)CCCCCC1. The number of nitrogens with zero attached hydrogens (tertiary/aromatic N) is 1. The Hall–Kier alpha value is -0.610. The molecule has 0 radical (unpaired) electrons. The normalized spacial score (nSPS) is 23.2. The number of carbonyl (C=O) groups excluding carboxylic acids is 1. The molecule has 26 heavy (non-hydrogen) atoms. The van der Waals surface area contributed by atoms with E-state index in [0.717, 1.165) is 62.6 Å². The molecule has 0 heterocycles. The van der Waals surface area contributed by atoms with Crippen molar-refractivity contribution in [3.63, 3.8) is 0 Å². The van der Waals surface area contributed by atoms with E-state index in [9.17, 15) is 9.90 Å². The van der Waals surface area contributed by atoms with Gasteiger partial charge in [0.1, 0.15) is 13.2 Å². The highest BCUT2D eigenvalue weighted by Gasteiger charge is 2.46. The molecular formula is C22H42NO3+. The number of carbonyl (C=O) groups is 1. The van der Waals surface area contributed by atoms with Crippen molar-refractivity contribution in [1.29, 1.82) is 0 Å². The largest absolute Gasteiger partial charge is 0.459 e. The molecule has 0 spiro atoms. The van der Waals surface area contributed by atoms with Crippen molar-refractivity contribution in [3.05, 3.63) is 0 Å². The molecule has 1 atom stereocenters. The Balaban J connectivity index is 2.05. The maximum Gasteiger partial charge on any atom is 0.312 e. The Morgan fingerprint density at radius 1 is 1.04 bits per heavy atom. The number of hydrogen-bond acceptors (Lipinski definition) is 3. The van der Waals surface area contributed by atoms with E-state index in [0.29, 0.717) is 12.5 Å². The molecule has 4 nitrogen and oxygen atoms in total. The quantitative estimate of drug-likeness (QED) is 0.395. The molecule has 2 rings (SSSR count). The first-order valence-corrected chi connectivity index (χ1v) is 11.2. The van der Waals surface area contributed by atoms with E-state index in [1.165, 1.54) is 32.1 Å². The third-order valence-electron chi connectivity index (χ3n) is 7.33. The Morgan fingerprint density at radius 2 is 1.58 bits per heavy atom. The molecule has 2 aliphatic rings. The first kappa shape index (κ1) is 21.7. The number of hydrogen-bond donors (Lipinski definition) is 1. The molecule has 0 aromatic rings. The molecule has 0 aromatic carbocycles. The molecule has 1 unspecified atom stereocenters. The minimum Gasteiger partial charge on any atom is -0.459 e. The fraction of sp³-hybridized carbons (Fsp3) is 0.955. The minimum atomic E-state index is -0.844. The first-order valence-electron chi connectivity index (χ1n) is 11.2. The van der Waals surface area contributed by atoms with Crippen LogP contribution in [0.5, 0.6) is 0 Å². The average molecular weight is 369 g/mol. The summed E-state index contributed by atoms with van der Waals surface area (Å²) >= 11 is 0. The lowest BCUT2D eigenvalue weighted by molar-refractivity contribution is -0.906. The summed E-state index contributed by atoms with van der Waals surface area (Å²) in [7, 11) is 2.21. The summed E-state index contributed by atoms with van der Waals surface area (Å²) in [5.41, 5.74) is -0.844. The van der Waals surface area contributed by atoms with Crippen LogP contribution in [0.1, 0.15) is 84.5 Å². The molecular weight excluding hydrogens is 326 g/mol. The van der Waals surface area contributed by atoms with Gasteiger partial charge in [-0.3, -0.25) is 4.79 Å². The van der Waals surface area contributed by atoms with Gasteiger partial charge in [-0.15, -0.1) is 0 Å². The van der Waals surface area contributed by atoms with Gasteiger partial charge in [-0.1, -0.05) is 44.9 Å². The highest BCUT2D eigenvalue weighted by atomic mass is 16.5. The lowest BCUT2D eigenvalue weighted by Gasteiger charge is -2.40. The fourth-order valence-electron chi connectivity index (χ4n) is 4.97. The van der Waals surface area contributed by atoms with Gasteiger partial charge in [-0.2, -0.15) is 0 Å². The van der Waals surface area contributed by atoms with Crippen LogP contribution in [0.2, 0.25) is 0 Å². The van der Waals surface area contributed by atoms with Crippen molar-refractivity contribution in [1.82, 2.24) is 0 Å². The van der Waals surface area contributed by atoms with Crippen LogP contribution in [0.4, 0.5) is 0 Å². The van der Waals surface area contributed by atoms with Crippen molar-refractivity contribution in [2.45, 2.75) is 90.1 Å². The zero-order valence-electron chi connectivity index (χ0n) is 17.5. The first-order chi connectivity index (χ1) is 12.4. The van der Waals surface area contributed by atoms with Crippen LogP contribution in [0.15, 0.2) is 0 Å². The van der Waals surface area contributed by atoms with Crippen molar-refractivity contribution in [3.8, 4) is 0 Å². The van der Waals surface area contributed by atoms with E-state index >= 15 is 0 Å². The average Bonchev–Trinajstić information content (AvgIpc) is 2.87. The van der Waals surface area contributed by atoms with Crippen molar-refractivity contribution in [2.24, 2.45) is 11.8 Å². The number of rotatable bonds is 8. The minimum absolute atomic E-state index is 0.125. The lowest BCUT2D eigenvalue weighted by atomic mass is 9.69. The number of likely N-dealkylation sites (N-methyl/N-ethyl adjacent to an activating group) is 1. The molecule has 152 valence electrons. The molecule has 2 aliphatic carbocycles. The van der Waals surface area contributed by atoms with Gasteiger partial charge in [0.05, 0.1) is 31.7 Å². The molecule has 4 heteroatoms. The molecule has 0 aliphatic heterocycles. The zero-order chi connectivity index (χ0) is 19.0. The fourth-order valence-corrected chi connectivity index (χ4v) is 4.97. The molecule has 0 saturated heterocycles. The van der Waals surface area contributed by atoms with E-state index in [2.05, 4.69) is 20.9 Å². The van der Waals surface area contributed by atoms with Crippen LogP contribution in [-0.4, -0.2) is 54.4 Å². The molecule has 0 amide bonds. The summed E-state index contributed by atoms with van der Waals surface area (Å²) in [5.74, 6) is -0.138. The van der Waals surface area contributed by atoms with Crippen molar-refractivity contribution < 1.29 is 19.1 Å². The Morgan fingerprint density at radius 3 is 2.12 bits per heavy atom. The van der Waals surface area contributed by atoms with Crippen molar-refractivity contribution >= 4 is 5.97 Å². The summed E-state index contributed by atoms with van der Waals surface area (Å²) in [5, 5.41) is 11.5. The number of esters is 1. The summed E-state index contributed by atoms with van der Waals surface area (Å²) in [6.45, 7) is 7.79. The second-order valence-electron chi connectivity index (χ2n) is 9.04. The van der Waals surface area contributed by atoms with Gasteiger partial charge in [0.25, 0.3) is 0 Å². The number of ether oxygens (including phenoxy) is 1. The smallest absolute Gasteiger partial charge is 0.312 e. The topological polar surface area (TPSA) is 46.5 Å². The van der Waals surface area contributed by atoms with E-state index in [1.54, 1.807) is 0 Å². The van der Waals surface area contributed by atoms with Crippen LogP contribution < -0.4 is 0 Å². The van der Waals surface area contributed by atoms with Gasteiger partial charge < -0.3 is 14.3 Å². The van der Waals surface area contributed by atoms with Gasteiger partial charge in [0.15, 0.2) is 0 Å². The zero-order valence-corrected chi connectivity index (χ0v) is 17.5. The van der Waals surface area contributed by atoms with Gasteiger partial charge in [-0.05, 0) is 45.4 Å². The maximum atomic E-state index is 13.1. The monoisotopic (exact) mass is 368 g/mol. The molecule has 0 bridgehead atoms. The second kappa shape index (κ2) is 10.1. The number of aliphatic hydroxyl groups is 1. The Kier molecular flexibility index (Phi) is 8.41. The predicted molar refractivity (Wildman–Crippen MR) is 106 cm³/mol. The molecule has 2 fully saturated rings. The van der Waals surface area contributed by atoms with Crippen LogP contribution in [0.25, 0.3) is 0 Å². The van der Waals surface area contributed by atoms with E-state index in [4.69, 9.17) is 4.74 Å². The van der Waals surface area contributed by atoms with Crippen molar-refractivity contribution in [2.75, 3.05) is 33.3 Å². The summed E-state index contributed by atoms with van der Waals surface area (Å²) < 4.78 is 6.72. The highest BCUT2D eigenvalue weighted by molar-refractivity contribution is 5.74. The van der Waals surface area contributed by atoms with Gasteiger partial charge >= 0.3 is 5.97 Å². The Bertz CT molecular complexity index is 419. The standard InChI is InChI=1S/C22H42NO3/c1-4-23(3,5-2)17-18-26-21(24)20(19-13-9-8-10-14-19)22(25)15-11-6-7-12-16-22/h19-20,25H,4-18H2,1-3H3/q+1. The van der Waals surface area contributed by atoms with E-state index < -0.39 is 5.60 Å². The second-order valence-corrected chi connectivity index (χ2v) is 9.04. The van der Waals surface area contributed by atoms with Crippen LogP contribution in [-0.2, 0) is 9.53 Å². The summed E-state index contributed by atoms with van der Waals surface area (Å²) in [4.78, 5) is 13.1. The number of quaternary nitrogens is 1. The molecule has 0 aromatic heterocycles. The van der Waals surface area contributed by atoms with E-state index in [1.807, 2.05) is 0 Å². The van der Waals surface area contributed by atoms with Gasteiger partial charge in [0.2, 0.25) is 0 Å². The predicted octanol–water partition coefficient (Wildman–Crippen LogP) is 4.30. The van der Waals surface area contributed by atoms with Crippen LogP contribution in [0, 0.1) is 11.8 Å². The lowest BCUT2D eigenvalue weighted by Crippen LogP contribution is -2.49. The highest BCUT2D eigenvalue weighted by Crippen LogP contribution is 2.42. The third kappa shape index (κ3) is 5.69.